The van der Waals surface area contributed by atoms with Crippen LogP contribution in [0, 0.1) is 11.8 Å². The van der Waals surface area contributed by atoms with Gasteiger partial charge in [0.25, 0.3) is 0 Å². The van der Waals surface area contributed by atoms with Crippen LogP contribution in [0.5, 0.6) is 0 Å². The number of fused-ring (bicyclic) bond motifs is 1. The van der Waals surface area contributed by atoms with Crippen molar-refractivity contribution in [3.63, 3.8) is 0 Å². The van der Waals surface area contributed by atoms with Gasteiger partial charge in [0.15, 0.2) is 0 Å². The summed E-state index contributed by atoms with van der Waals surface area (Å²) < 4.78 is 6.41. The highest BCUT2D eigenvalue weighted by Gasteiger charge is 2.49. The smallest absolute Gasteiger partial charge is 0.335 e. The summed E-state index contributed by atoms with van der Waals surface area (Å²) in [5.41, 5.74) is 0.799. The number of carbonyl (C=O) groups is 2. The first-order chi connectivity index (χ1) is 11.8. The molecule has 0 aromatic heterocycles. The predicted octanol–water partition coefficient (Wildman–Crippen LogP) is 3.55. The molecule has 5 heteroatoms. The van der Waals surface area contributed by atoms with Crippen molar-refractivity contribution in [2.24, 2.45) is 11.8 Å². The average Bonchev–Trinajstić information content (AvgIpc) is 2.53. The summed E-state index contributed by atoms with van der Waals surface area (Å²) in [6.45, 7) is 5.91. The molecule has 1 saturated carbocycles. The van der Waals surface area contributed by atoms with Gasteiger partial charge in [0.1, 0.15) is 0 Å². The van der Waals surface area contributed by atoms with Crippen LogP contribution in [0.4, 0.5) is 0 Å². The molecule has 1 aromatic rings. The Bertz CT molecular complexity index is 673. The van der Waals surface area contributed by atoms with Gasteiger partial charge in [0, 0.05) is 24.8 Å². The number of rotatable bonds is 3. The van der Waals surface area contributed by atoms with E-state index in [1.807, 2.05) is 6.07 Å². The maximum atomic E-state index is 11.8. The van der Waals surface area contributed by atoms with E-state index >= 15 is 0 Å². The zero-order valence-electron chi connectivity index (χ0n) is 15.1. The molecule has 1 aliphatic heterocycles. The number of carboxylic acid groups (broad SMARTS) is 1. The van der Waals surface area contributed by atoms with Gasteiger partial charge >= 0.3 is 5.97 Å². The average molecular weight is 345 g/mol. The molecule has 0 unspecified atom stereocenters. The molecule has 1 amide bonds. The van der Waals surface area contributed by atoms with Crippen molar-refractivity contribution in [1.82, 2.24) is 5.32 Å². The largest absolute Gasteiger partial charge is 0.478 e. The van der Waals surface area contributed by atoms with Crippen molar-refractivity contribution < 1.29 is 19.4 Å². The Morgan fingerprint density at radius 3 is 2.76 bits per heavy atom. The molecule has 5 nitrogen and oxygen atoms in total. The second-order valence-electron chi connectivity index (χ2n) is 7.92. The van der Waals surface area contributed by atoms with E-state index in [1.54, 1.807) is 25.1 Å². The predicted molar refractivity (Wildman–Crippen MR) is 94.4 cm³/mol. The molecule has 5 atom stereocenters. The van der Waals surface area contributed by atoms with Crippen LogP contribution in [0.15, 0.2) is 24.3 Å². The highest BCUT2D eigenvalue weighted by molar-refractivity contribution is 5.87. The van der Waals surface area contributed by atoms with Gasteiger partial charge in [-0.2, -0.15) is 0 Å². The number of aromatic carboxylic acids is 1. The second kappa shape index (κ2) is 6.79. The van der Waals surface area contributed by atoms with Crippen LogP contribution in [-0.2, 0) is 9.53 Å². The van der Waals surface area contributed by atoms with E-state index in [0.717, 1.165) is 24.8 Å². The molecule has 136 valence electrons. The fraction of sp³-hybridized carbons (Fsp3) is 0.600. The van der Waals surface area contributed by atoms with Crippen molar-refractivity contribution in [3.8, 4) is 0 Å². The van der Waals surface area contributed by atoms with E-state index in [2.05, 4.69) is 19.2 Å². The number of hydrogen-bond acceptors (Lipinski definition) is 3. The lowest BCUT2D eigenvalue weighted by atomic mass is 9.66. The van der Waals surface area contributed by atoms with E-state index in [0.29, 0.717) is 18.3 Å². The number of hydrogen-bond donors (Lipinski definition) is 2. The molecular weight excluding hydrogens is 318 g/mol. The summed E-state index contributed by atoms with van der Waals surface area (Å²) in [7, 11) is 0. The molecule has 2 aliphatic rings. The number of nitrogens with one attached hydrogen (secondary N) is 1. The molecule has 1 aromatic carbocycles. The van der Waals surface area contributed by atoms with E-state index < -0.39 is 5.97 Å². The van der Waals surface area contributed by atoms with Gasteiger partial charge in [0.2, 0.25) is 5.91 Å². The number of ether oxygens (including phenoxy) is 1. The minimum absolute atomic E-state index is 0.0280. The minimum atomic E-state index is -0.938. The molecule has 3 rings (SSSR count). The van der Waals surface area contributed by atoms with Crippen molar-refractivity contribution in [2.45, 2.75) is 64.2 Å². The highest BCUT2D eigenvalue weighted by atomic mass is 16.5. The minimum Gasteiger partial charge on any atom is -0.478 e. The standard InChI is InChI=1S/C20H27NO4/c1-12-7-8-16-17(9-12)25-18(11-20(16,3)21-13(2)22)14-5-4-6-15(10-14)19(23)24/h4-6,10,12,16-18H,7-9,11H2,1-3H3,(H,21,22)(H,23,24)/t12-,16-,17-,18-,20+/m1/s1. The summed E-state index contributed by atoms with van der Waals surface area (Å²) in [6, 6.07) is 6.95. The maximum absolute atomic E-state index is 11.8. The first-order valence-electron chi connectivity index (χ1n) is 9.06. The lowest BCUT2D eigenvalue weighted by Gasteiger charge is -2.52. The third-order valence-electron chi connectivity index (χ3n) is 5.79. The zero-order valence-corrected chi connectivity index (χ0v) is 15.1. The fourth-order valence-electron chi connectivity index (χ4n) is 4.62. The van der Waals surface area contributed by atoms with Crippen LogP contribution in [0.25, 0.3) is 0 Å². The summed E-state index contributed by atoms with van der Waals surface area (Å²) in [5, 5.41) is 12.4. The lowest BCUT2D eigenvalue weighted by molar-refractivity contribution is -0.153. The summed E-state index contributed by atoms with van der Waals surface area (Å²) in [6.07, 6.45) is 3.72. The Balaban J connectivity index is 1.92. The van der Waals surface area contributed by atoms with Crippen LogP contribution in [0.3, 0.4) is 0 Å². The lowest BCUT2D eigenvalue weighted by Crippen LogP contribution is -2.60. The first-order valence-corrected chi connectivity index (χ1v) is 9.06. The third-order valence-corrected chi connectivity index (χ3v) is 5.79. The van der Waals surface area contributed by atoms with Crippen molar-refractivity contribution in [3.05, 3.63) is 35.4 Å². The molecule has 25 heavy (non-hydrogen) atoms. The monoisotopic (exact) mass is 345 g/mol. The van der Waals surface area contributed by atoms with Crippen LogP contribution in [0.2, 0.25) is 0 Å². The van der Waals surface area contributed by atoms with Gasteiger partial charge in [-0.1, -0.05) is 25.5 Å². The SMILES string of the molecule is CC(=O)N[C@@]1(C)C[C@H](c2cccc(C(=O)O)c2)O[C@@H]2C[C@H](C)CC[C@H]21. The van der Waals surface area contributed by atoms with Gasteiger partial charge in [0.05, 0.1) is 17.8 Å². The summed E-state index contributed by atoms with van der Waals surface area (Å²) in [4.78, 5) is 23.1. The maximum Gasteiger partial charge on any atom is 0.335 e. The Labute approximate surface area is 148 Å². The molecule has 2 fully saturated rings. The van der Waals surface area contributed by atoms with Crippen molar-refractivity contribution >= 4 is 11.9 Å². The Kier molecular flexibility index (Phi) is 4.87. The molecule has 1 saturated heterocycles. The highest BCUT2D eigenvalue weighted by Crippen LogP contribution is 2.47. The van der Waals surface area contributed by atoms with E-state index in [-0.39, 0.29) is 29.2 Å². The molecule has 2 N–H and O–H groups in total. The van der Waals surface area contributed by atoms with Crippen LogP contribution < -0.4 is 5.32 Å². The summed E-state index contributed by atoms with van der Waals surface area (Å²) in [5.74, 6) is -0.0651. The van der Waals surface area contributed by atoms with Gasteiger partial charge in [-0.3, -0.25) is 4.79 Å². The number of benzene rings is 1. The van der Waals surface area contributed by atoms with E-state index in [4.69, 9.17) is 4.74 Å². The molecular formula is C20H27NO4. The third kappa shape index (κ3) is 3.71. The first kappa shape index (κ1) is 17.9. The zero-order chi connectivity index (χ0) is 18.2. The number of carbonyl (C=O) groups excluding carboxylic acids is 1. The topological polar surface area (TPSA) is 75.6 Å². The fourth-order valence-corrected chi connectivity index (χ4v) is 4.62. The molecule has 0 spiro atoms. The molecule has 0 bridgehead atoms. The quantitative estimate of drug-likeness (QED) is 0.878. The Hall–Kier alpha value is -1.88. The number of carboxylic acids is 1. The molecule has 0 radical (unpaired) electrons. The van der Waals surface area contributed by atoms with Crippen LogP contribution in [-0.4, -0.2) is 28.6 Å². The Morgan fingerprint density at radius 2 is 2.08 bits per heavy atom. The van der Waals surface area contributed by atoms with Gasteiger partial charge in [-0.05, 0) is 43.4 Å². The molecule has 1 aliphatic carbocycles. The van der Waals surface area contributed by atoms with Crippen molar-refractivity contribution in [2.75, 3.05) is 0 Å². The van der Waals surface area contributed by atoms with Crippen LogP contribution >= 0.6 is 0 Å². The normalized spacial score (nSPS) is 34.8. The van der Waals surface area contributed by atoms with E-state index in [1.165, 1.54) is 0 Å². The van der Waals surface area contributed by atoms with Crippen molar-refractivity contribution in [1.29, 1.82) is 0 Å². The molecule has 1 heterocycles. The van der Waals surface area contributed by atoms with Gasteiger partial charge < -0.3 is 15.2 Å². The number of amides is 1. The van der Waals surface area contributed by atoms with E-state index in [9.17, 15) is 14.7 Å². The van der Waals surface area contributed by atoms with Gasteiger partial charge in [-0.25, -0.2) is 4.79 Å². The summed E-state index contributed by atoms with van der Waals surface area (Å²) >= 11 is 0. The van der Waals surface area contributed by atoms with Crippen LogP contribution in [0.1, 0.15) is 68.5 Å². The second-order valence-corrected chi connectivity index (χ2v) is 7.92. The Morgan fingerprint density at radius 1 is 1.32 bits per heavy atom. The van der Waals surface area contributed by atoms with Gasteiger partial charge in [-0.15, -0.1) is 0 Å².